The van der Waals surface area contributed by atoms with E-state index in [1.54, 1.807) is 18.2 Å². The molecule has 4 aromatic rings. The van der Waals surface area contributed by atoms with Gasteiger partial charge in [0.25, 0.3) is 11.6 Å². The number of nitro groups is 1. The van der Waals surface area contributed by atoms with Crippen LogP contribution in [0.3, 0.4) is 0 Å². The number of non-ortho nitro benzene ring substituents is 1. The van der Waals surface area contributed by atoms with E-state index in [0.29, 0.717) is 30.1 Å². The van der Waals surface area contributed by atoms with E-state index < -0.39 is 10.8 Å². The van der Waals surface area contributed by atoms with Gasteiger partial charge in [-0.15, -0.1) is 6.58 Å². The zero-order valence-corrected chi connectivity index (χ0v) is 21.2. The molecule has 0 aliphatic heterocycles. The van der Waals surface area contributed by atoms with Gasteiger partial charge in [0.2, 0.25) is 0 Å². The summed E-state index contributed by atoms with van der Waals surface area (Å²) in [6, 6.07) is 25.0. The van der Waals surface area contributed by atoms with E-state index in [4.69, 9.17) is 9.47 Å². The van der Waals surface area contributed by atoms with Gasteiger partial charge in [-0.2, -0.15) is 5.26 Å². The van der Waals surface area contributed by atoms with Crippen molar-refractivity contribution in [2.75, 3.05) is 12.4 Å². The molecule has 4 aromatic carbocycles. The van der Waals surface area contributed by atoms with Crippen LogP contribution in [0.25, 0.3) is 16.8 Å². The number of allylic oxidation sites excluding steroid dienone is 1. The third kappa shape index (κ3) is 6.29. The molecule has 8 nitrogen and oxygen atoms in total. The number of hydrogen-bond acceptors (Lipinski definition) is 6. The summed E-state index contributed by atoms with van der Waals surface area (Å²) >= 11 is 0. The Bertz CT molecular complexity index is 1630. The summed E-state index contributed by atoms with van der Waals surface area (Å²) in [5.74, 6) is 0.290. The predicted molar refractivity (Wildman–Crippen MR) is 150 cm³/mol. The van der Waals surface area contributed by atoms with Crippen LogP contribution >= 0.6 is 0 Å². The summed E-state index contributed by atoms with van der Waals surface area (Å²) < 4.78 is 11.9. The highest BCUT2D eigenvalue weighted by molar-refractivity contribution is 6.09. The van der Waals surface area contributed by atoms with Crippen molar-refractivity contribution >= 4 is 34.1 Å². The molecule has 0 heterocycles. The molecule has 0 aromatic heterocycles. The Labute approximate surface area is 225 Å². The fraction of sp³-hybridized carbons (Fsp3) is 0.0968. The molecule has 194 valence electrons. The summed E-state index contributed by atoms with van der Waals surface area (Å²) in [5, 5.41) is 25.4. The first-order valence-electron chi connectivity index (χ1n) is 12.0. The number of hydrogen-bond donors (Lipinski definition) is 1. The average molecular weight is 520 g/mol. The van der Waals surface area contributed by atoms with Crippen LogP contribution < -0.4 is 14.8 Å². The molecule has 8 heteroatoms. The number of fused-ring (bicyclic) bond motifs is 1. The summed E-state index contributed by atoms with van der Waals surface area (Å²) in [7, 11) is 1.52. The number of carbonyl (C=O) groups excluding carboxylic acids is 1. The molecule has 0 unspecified atom stereocenters. The van der Waals surface area contributed by atoms with Crippen LogP contribution in [0.4, 0.5) is 11.4 Å². The standard InChI is InChI=1S/C31H25N3O5/c1-3-8-23-15-21(16-25(19-32)31(35)33-26-12-7-13-27(18-26)34(36)37)17-29(38-2)30(23)39-20-24-11-6-10-22-9-4-5-14-28(22)24/h3-7,9-18H,1,8,20H2,2H3,(H,33,35)/b25-16+. The molecule has 0 saturated carbocycles. The van der Waals surface area contributed by atoms with Crippen LogP contribution in [-0.2, 0) is 17.8 Å². The van der Waals surface area contributed by atoms with Gasteiger partial charge < -0.3 is 14.8 Å². The number of carbonyl (C=O) groups is 1. The van der Waals surface area contributed by atoms with Crippen LogP contribution in [0, 0.1) is 21.4 Å². The maximum absolute atomic E-state index is 12.8. The van der Waals surface area contributed by atoms with Crippen LogP contribution in [0.2, 0.25) is 0 Å². The van der Waals surface area contributed by atoms with E-state index in [2.05, 4.69) is 11.9 Å². The second-order valence-electron chi connectivity index (χ2n) is 8.56. The van der Waals surface area contributed by atoms with Crippen LogP contribution in [0.15, 0.2) is 97.1 Å². The third-order valence-electron chi connectivity index (χ3n) is 5.98. The van der Waals surface area contributed by atoms with Crippen molar-refractivity contribution in [2.24, 2.45) is 0 Å². The molecular weight excluding hydrogens is 494 g/mol. The fourth-order valence-electron chi connectivity index (χ4n) is 4.17. The molecule has 4 rings (SSSR count). The molecule has 0 saturated heterocycles. The number of anilines is 1. The first-order chi connectivity index (χ1) is 18.9. The van der Waals surface area contributed by atoms with Crippen LogP contribution in [0.1, 0.15) is 16.7 Å². The van der Waals surface area contributed by atoms with Gasteiger partial charge in [0.15, 0.2) is 11.5 Å². The molecule has 0 aliphatic rings. The SMILES string of the molecule is C=CCc1cc(/C=C(\C#N)C(=O)Nc2cccc([N+](=O)[O-])c2)cc(OC)c1OCc1cccc2ccccc12. The number of amides is 1. The van der Waals surface area contributed by atoms with Crippen molar-refractivity contribution < 1.29 is 19.2 Å². The van der Waals surface area contributed by atoms with Gasteiger partial charge in [0.05, 0.1) is 12.0 Å². The summed E-state index contributed by atoms with van der Waals surface area (Å²) in [4.78, 5) is 23.3. The van der Waals surface area contributed by atoms with Crippen LogP contribution in [0.5, 0.6) is 11.5 Å². The maximum Gasteiger partial charge on any atom is 0.271 e. The van der Waals surface area contributed by atoms with Gasteiger partial charge >= 0.3 is 0 Å². The van der Waals surface area contributed by atoms with Crippen LogP contribution in [-0.4, -0.2) is 17.9 Å². The second kappa shape index (κ2) is 12.2. The number of nitriles is 1. The Kier molecular flexibility index (Phi) is 8.34. The lowest BCUT2D eigenvalue weighted by molar-refractivity contribution is -0.384. The fourth-order valence-corrected chi connectivity index (χ4v) is 4.17. The Hall–Kier alpha value is -5.42. The number of nitrogens with one attached hydrogen (secondary N) is 1. The predicted octanol–water partition coefficient (Wildman–Crippen LogP) is 6.61. The molecule has 39 heavy (non-hydrogen) atoms. The van der Waals surface area contributed by atoms with E-state index in [0.717, 1.165) is 21.9 Å². The van der Waals surface area contributed by atoms with E-state index >= 15 is 0 Å². The van der Waals surface area contributed by atoms with Gasteiger partial charge in [0, 0.05) is 23.4 Å². The summed E-state index contributed by atoms with van der Waals surface area (Å²) in [5.41, 5.74) is 2.19. The number of ether oxygens (including phenoxy) is 2. The number of nitrogens with zero attached hydrogens (tertiary/aromatic N) is 2. The highest BCUT2D eigenvalue weighted by Gasteiger charge is 2.16. The minimum Gasteiger partial charge on any atom is -0.493 e. The number of rotatable bonds is 10. The Morgan fingerprint density at radius 3 is 2.59 bits per heavy atom. The Morgan fingerprint density at radius 1 is 1.08 bits per heavy atom. The first-order valence-corrected chi connectivity index (χ1v) is 12.0. The summed E-state index contributed by atoms with van der Waals surface area (Å²) in [6.07, 6.45) is 3.62. The molecular formula is C31H25N3O5. The van der Waals surface area contributed by atoms with Gasteiger partial charge in [-0.1, -0.05) is 54.6 Å². The molecule has 0 atom stereocenters. The molecule has 0 bridgehead atoms. The Balaban J connectivity index is 1.63. The number of nitro benzene ring substituents is 1. The third-order valence-corrected chi connectivity index (χ3v) is 5.98. The molecule has 1 amide bonds. The topological polar surface area (TPSA) is 114 Å². The highest BCUT2D eigenvalue weighted by Crippen LogP contribution is 2.35. The normalized spacial score (nSPS) is 10.9. The minimum atomic E-state index is -0.696. The lowest BCUT2D eigenvalue weighted by Gasteiger charge is -2.17. The van der Waals surface area contributed by atoms with Crippen molar-refractivity contribution in [2.45, 2.75) is 13.0 Å². The minimum absolute atomic E-state index is 0.173. The van der Waals surface area contributed by atoms with Crippen molar-refractivity contribution in [3.8, 4) is 17.6 Å². The van der Waals surface area contributed by atoms with Crippen molar-refractivity contribution in [3.05, 3.63) is 124 Å². The van der Waals surface area contributed by atoms with E-state index in [-0.39, 0.29) is 16.9 Å². The zero-order chi connectivity index (χ0) is 27.8. The largest absolute Gasteiger partial charge is 0.493 e. The molecule has 0 aliphatic carbocycles. The van der Waals surface area contributed by atoms with E-state index in [1.165, 1.54) is 37.5 Å². The van der Waals surface area contributed by atoms with Crippen molar-refractivity contribution in [3.63, 3.8) is 0 Å². The number of methoxy groups -OCH3 is 1. The molecule has 0 fully saturated rings. The molecule has 0 radical (unpaired) electrons. The van der Waals surface area contributed by atoms with Crippen molar-refractivity contribution in [1.82, 2.24) is 0 Å². The van der Waals surface area contributed by atoms with E-state index in [9.17, 15) is 20.2 Å². The molecule has 0 spiro atoms. The first kappa shape index (κ1) is 26.6. The smallest absolute Gasteiger partial charge is 0.271 e. The highest BCUT2D eigenvalue weighted by atomic mass is 16.6. The van der Waals surface area contributed by atoms with Gasteiger partial charge in [0.1, 0.15) is 18.2 Å². The lowest BCUT2D eigenvalue weighted by atomic mass is 10.0. The monoisotopic (exact) mass is 519 g/mol. The molecule has 1 N–H and O–H groups in total. The second-order valence-corrected chi connectivity index (χ2v) is 8.56. The van der Waals surface area contributed by atoms with E-state index in [1.807, 2.05) is 48.5 Å². The summed E-state index contributed by atoms with van der Waals surface area (Å²) in [6.45, 7) is 4.15. The maximum atomic E-state index is 12.8. The zero-order valence-electron chi connectivity index (χ0n) is 21.2. The van der Waals surface area contributed by atoms with Gasteiger partial charge in [-0.3, -0.25) is 14.9 Å². The van der Waals surface area contributed by atoms with Crippen molar-refractivity contribution in [1.29, 1.82) is 5.26 Å². The average Bonchev–Trinajstić information content (AvgIpc) is 2.95. The Morgan fingerprint density at radius 2 is 1.85 bits per heavy atom. The van der Waals surface area contributed by atoms with Gasteiger partial charge in [-0.05, 0) is 52.6 Å². The number of benzene rings is 4. The van der Waals surface area contributed by atoms with Gasteiger partial charge in [-0.25, -0.2) is 0 Å². The quantitative estimate of drug-likeness (QED) is 0.0829. The lowest BCUT2D eigenvalue weighted by Crippen LogP contribution is -2.13.